The van der Waals surface area contributed by atoms with E-state index in [1.54, 1.807) is 0 Å². The first-order valence-electron chi connectivity index (χ1n) is 5.81. The van der Waals surface area contributed by atoms with Crippen LogP contribution in [0.3, 0.4) is 0 Å². The zero-order valence-electron chi connectivity index (χ0n) is 10.8. The molecule has 0 aromatic rings. The third-order valence-electron chi connectivity index (χ3n) is 3.06. The maximum atomic E-state index is 11.9. The molecule has 0 saturated carbocycles. The molecule has 1 heterocycles. The minimum atomic E-state index is -0.242. The van der Waals surface area contributed by atoms with Crippen molar-refractivity contribution in [3.05, 3.63) is 0 Å². The van der Waals surface area contributed by atoms with Crippen LogP contribution < -0.4 is 5.32 Å². The molecule has 1 rings (SSSR count). The number of amides is 1. The van der Waals surface area contributed by atoms with Crippen LogP contribution in [0.1, 0.15) is 54.4 Å². The highest BCUT2D eigenvalue weighted by Gasteiger charge is 2.43. The average molecular weight is 212 g/mol. The molecule has 1 saturated heterocycles. The van der Waals surface area contributed by atoms with Gasteiger partial charge in [0.05, 0.1) is 5.66 Å². The number of nitrogens with one attached hydrogen (secondary N) is 1. The molecule has 0 bridgehead atoms. The predicted octanol–water partition coefficient (Wildman–Crippen LogP) is 2.12. The van der Waals surface area contributed by atoms with Crippen molar-refractivity contribution in [3.63, 3.8) is 0 Å². The van der Waals surface area contributed by atoms with Crippen molar-refractivity contribution in [2.24, 2.45) is 0 Å². The highest BCUT2D eigenvalue weighted by molar-refractivity contribution is 5.77. The smallest absolute Gasteiger partial charge is 0.223 e. The summed E-state index contributed by atoms with van der Waals surface area (Å²) < 4.78 is 0. The van der Waals surface area contributed by atoms with Gasteiger partial charge in [-0.1, -0.05) is 6.92 Å². The highest BCUT2D eigenvalue weighted by atomic mass is 16.2. The van der Waals surface area contributed by atoms with Gasteiger partial charge in [-0.3, -0.25) is 10.1 Å². The zero-order chi connectivity index (χ0) is 11.9. The first-order chi connectivity index (χ1) is 6.69. The second-order valence-electron chi connectivity index (χ2n) is 5.74. The minimum absolute atomic E-state index is 0.105. The van der Waals surface area contributed by atoms with Gasteiger partial charge in [-0.05, 0) is 41.0 Å². The summed E-state index contributed by atoms with van der Waals surface area (Å²) in [4.78, 5) is 13.9. The molecule has 15 heavy (non-hydrogen) atoms. The van der Waals surface area contributed by atoms with E-state index in [0.717, 1.165) is 6.42 Å². The van der Waals surface area contributed by atoms with E-state index in [9.17, 15) is 4.79 Å². The second-order valence-corrected chi connectivity index (χ2v) is 5.74. The van der Waals surface area contributed by atoms with Crippen molar-refractivity contribution < 1.29 is 4.79 Å². The predicted molar refractivity (Wildman–Crippen MR) is 62.5 cm³/mol. The van der Waals surface area contributed by atoms with Crippen LogP contribution in [0.2, 0.25) is 0 Å². The summed E-state index contributed by atoms with van der Waals surface area (Å²) in [6, 6.07) is 0.309. The molecule has 0 spiro atoms. The molecule has 0 aromatic heterocycles. The largest absolute Gasteiger partial charge is 0.322 e. The third-order valence-corrected chi connectivity index (χ3v) is 3.06. The fraction of sp³-hybridized carbons (Fsp3) is 0.917. The van der Waals surface area contributed by atoms with E-state index in [1.165, 1.54) is 0 Å². The maximum Gasteiger partial charge on any atom is 0.223 e. The van der Waals surface area contributed by atoms with E-state index in [4.69, 9.17) is 0 Å². The monoisotopic (exact) mass is 212 g/mol. The topological polar surface area (TPSA) is 32.3 Å². The summed E-state index contributed by atoms with van der Waals surface area (Å²) in [7, 11) is 0. The van der Waals surface area contributed by atoms with Crippen LogP contribution in [0.4, 0.5) is 0 Å². The molecule has 0 aliphatic carbocycles. The van der Waals surface area contributed by atoms with Gasteiger partial charge in [0.25, 0.3) is 0 Å². The van der Waals surface area contributed by atoms with Gasteiger partial charge < -0.3 is 4.90 Å². The van der Waals surface area contributed by atoms with Gasteiger partial charge in [0.2, 0.25) is 5.91 Å². The van der Waals surface area contributed by atoms with Crippen LogP contribution in [0.15, 0.2) is 0 Å². The van der Waals surface area contributed by atoms with Crippen molar-refractivity contribution in [1.29, 1.82) is 0 Å². The summed E-state index contributed by atoms with van der Waals surface area (Å²) in [5.74, 6) is 0.232. The molecule has 1 N–H and O–H groups in total. The SMILES string of the molecule is CCC(=O)N1C(C)CC(C)(C)NC1(C)C. The molecule has 1 unspecified atom stereocenters. The van der Waals surface area contributed by atoms with Gasteiger partial charge in [0, 0.05) is 18.0 Å². The van der Waals surface area contributed by atoms with E-state index in [2.05, 4.69) is 39.9 Å². The van der Waals surface area contributed by atoms with Crippen molar-refractivity contribution >= 4 is 5.91 Å². The summed E-state index contributed by atoms with van der Waals surface area (Å²) in [6.45, 7) is 12.6. The van der Waals surface area contributed by atoms with Crippen molar-refractivity contribution in [1.82, 2.24) is 10.2 Å². The first-order valence-corrected chi connectivity index (χ1v) is 5.81. The highest BCUT2D eigenvalue weighted by Crippen LogP contribution is 2.30. The number of rotatable bonds is 1. The summed E-state index contributed by atoms with van der Waals surface area (Å²) >= 11 is 0. The Balaban J connectivity index is 2.94. The molecule has 1 fully saturated rings. The molecule has 0 aromatic carbocycles. The van der Waals surface area contributed by atoms with Gasteiger partial charge in [-0.2, -0.15) is 0 Å². The molecule has 3 nitrogen and oxygen atoms in total. The molecule has 1 aliphatic heterocycles. The quantitative estimate of drug-likeness (QED) is 0.722. The number of carbonyl (C=O) groups is 1. The molecule has 1 atom stereocenters. The summed E-state index contributed by atoms with van der Waals surface area (Å²) in [6.07, 6.45) is 1.58. The van der Waals surface area contributed by atoms with E-state index >= 15 is 0 Å². The standard InChI is InChI=1S/C12H24N2O/c1-7-10(15)14-9(2)8-11(3,4)13-12(14,5)6/h9,13H,7-8H2,1-6H3. The van der Waals surface area contributed by atoms with E-state index in [0.29, 0.717) is 12.5 Å². The fourth-order valence-corrected chi connectivity index (χ4v) is 3.05. The second kappa shape index (κ2) is 3.78. The van der Waals surface area contributed by atoms with E-state index in [-0.39, 0.29) is 17.1 Å². The Labute approximate surface area is 93.2 Å². The lowest BCUT2D eigenvalue weighted by Gasteiger charge is -2.53. The molecule has 1 aliphatic rings. The lowest BCUT2D eigenvalue weighted by molar-refractivity contribution is -0.146. The molecule has 1 amide bonds. The first kappa shape index (κ1) is 12.5. The normalized spacial score (nSPS) is 28.9. The van der Waals surface area contributed by atoms with Gasteiger partial charge in [-0.25, -0.2) is 0 Å². The number of hydrogen-bond donors (Lipinski definition) is 1. The van der Waals surface area contributed by atoms with Crippen molar-refractivity contribution in [2.45, 2.75) is 71.6 Å². The van der Waals surface area contributed by atoms with E-state index < -0.39 is 0 Å². The zero-order valence-corrected chi connectivity index (χ0v) is 10.8. The van der Waals surface area contributed by atoms with Gasteiger partial charge >= 0.3 is 0 Å². The van der Waals surface area contributed by atoms with E-state index in [1.807, 2.05) is 11.8 Å². The lowest BCUT2D eigenvalue weighted by atomic mass is 9.87. The maximum absolute atomic E-state index is 11.9. The Morgan fingerprint density at radius 3 is 2.33 bits per heavy atom. The van der Waals surface area contributed by atoms with Crippen molar-refractivity contribution in [2.75, 3.05) is 0 Å². The van der Waals surface area contributed by atoms with Crippen LogP contribution in [0.25, 0.3) is 0 Å². The third kappa shape index (κ3) is 2.51. The number of hydrogen-bond acceptors (Lipinski definition) is 2. The lowest BCUT2D eigenvalue weighted by Crippen LogP contribution is -2.70. The summed E-state index contributed by atoms with van der Waals surface area (Å²) in [5.41, 5.74) is -0.137. The molecule has 88 valence electrons. The van der Waals surface area contributed by atoms with Crippen LogP contribution in [-0.2, 0) is 4.79 Å². The van der Waals surface area contributed by atoms with Gasteiger partial charge in [0.1, 0.15) is 0 Å². The van der Waals surface area contributed by atoms with Gasteiger partial charge in [0.15, 0.2) is 0 Å². The fourth-order valence-electron chi connectivity index (χ4n) is 3.05. The van der Waals surface area contributed by atoms with Crippen LogP contribution in [0.5, 0.6) is 0 Å². The molecule has 3 heteroatoms. The van der Waals surface area contributed by atoms with Gasteiger partial charge in [-0.15, -0.1) is 0 Å². The number of nitrogens with zero attached hydrogens (tertiary/aromatic N) is 1. The molecular weight excluding hydrogens is 188 g/mol. The van der Waals surface area contributed by atoms with Crippen LogP contribution >= 0.6 is 0 Å². The van der Waals surface area contributed by atoms with Crippen LogP contribution in [0, 0.1) is 0 Å². The Hall–Kier alpha value is -0.570. The molecule has 0 radical (unpaired) electrons. The van der Waals surface area contributed by atoms with Crippen molar-refractivity contribution in [3.8, 4) is 0 Å². The summed E-state index contributed by atoms with van der Waals surface area (Å²) in [5, 5.41) is 3.53. The Morgan fingerprint density at radius 2 is 1.93 bits per heavy atom. The Kier molecular flexibility index (Phi) is 3.15. The average Bonchev–Trinajstić information content (AvgIpc) is 1.97. The molecular formula is C12H24N2O. The van der Waals surface area contributed by atoms with Crippen LogP contribution in [-0.4, -0.2) is 28.1 Å². The Bertz CT molecular complexity index is 258. The minimum Gasteiger partial charge on any atom is -0.322 e. The number of carbonyl (C=O) groups excluding carboxylic acids is 1. The Morgan fingerprint density at radius 1 is 1.40 bits per heavy atom.